The fourth-order valence-corrected chi connectivity index (χ4v) is 5.42. The number of β-amino-alcohol motifs (C(OH)–C–C–N with tert-alkyl or cyclic N) is 1. The van der Waals surface area contributed by atoms with Crippen molar-refractivity contribution in [3.05, 3.63) is 59.2 Å². The van der Waals surface area contributed by atoms with E-state index in [9.17, 15) is 9.90 Å². The number of ether oxygens (including phenoxy) is 1. The molecule has 1 saturated carbocycles. The Morgan fingerprint density at radius 1 is 1.03 bits per heavy atom. The van der Waals surface area contributed by atoms with E-state index < -0.39 is 6.10 Å². The molecule has 0 spiro atoms. The summed E-state index contributed by atoms with van der Waals surface area (Å²) in [6, 6.07) is 14.8. The molecule has 2 N–H and O–H groups in total. The molecular weight excluding hydrogens is 414 g/mol. The van der Waals surface area contributed by atoms with E-state index in [2.05, 4.69) is 34.5 Å². The first-order valence-corrected chi connectivity index (χ1v) is 12.5. The van der Waals surface area contributed by atoms with Crippen LogP contribution in [0.3, 0.4) is 0 Å². The van der Waals surface area contributed by atoms with Gasteiger partial charge in [0.1, 0.15) is 12.4 Å². The van der Waals surface area contributed by atoms with Gasteiger partial charge in [0.2, 0.25) is 0 Å². The van der Waals surface area contributed by atoms with Crippen molar-refractivity contribution in [2.24, 2.45) is 0 Å². The Bertz CT molecular complexity index is 973. The number of nitrogens with zero attached hydrogens (tertiary/aromatic N) is 2. The van der Waals surface area contributed by atoms with Gasteiger partial charge in [0.15, 0.2) is 0 Å². The Kier molecular flexibility index (Phi) is 6.83. The minimum absolute atomic E-state index is 0.0604. The van der Waals surface area contributed by atoms with Gasteiger partial charge in [-0.05, 0) is 42.5 Å². The molecule has 2 aromatic rings. The molecule has 1 amide bonds. The summed E-state index contributed by atoms with van der Waals surface area (Å²) in [5.74, 6) is 0.584. The molecule has 0 aromatic heterocycles. The van der Waals surface area contributed by atoms with Crippen molar-refractivity contribution >= 4 is 11.6 Å². The zero-order chi connectivity index (χ0) is 22.6. The molecule has 2 aromatic carbocycles. The molecule has 1 aliphatic carbocycles. The SMILES string of the molecule is O=C1c2ccc(NC3CCCCC3)cc2OCCN1C[C@H](O)CN1CCc2ccccc2C1. The van der Waals surface area contributed by atoms with Crippen molar-refractivity contribution in [3.8, 4) is 5.75 Å². The van der Waals surface area contributed by atoms with Crippen molar-refractivity contribution in [1.82, 2.24) is 9.80 Å². The second-order valence-electron chi connectivity index (χ2n) is 9.70. The monoisotopic (exact) mass is 449 g/mol. The summed E-state index contributed by atoms with van der Waals surface area (Å²) in [4.78, 5) is 17.2. The number of hydrogen-bond donors (Lipinski definition) is 2. The van der Waals surface area contributed by atoms with Gasteiger partial charge in [0.25, 0.3) is 5.91 Å². The predicted molar refractivity (Wildman–Crippen MR) is 130 cm³/mol. The maximum Gasteiger partial charge on any atom is 0.257 e. The third kappa shape index (κ3) is 5.33. The van der Waals surface area contributed by atoms with Crippen molar-refractivity contribution in [3.63, 3.8) is 0 Å². The summed E-state index contributed by atoms with van der Waals surface area (Å²) >= 11 is 0. The highest BCUT2D eigenvalue weighted by molar-refractivity contribution is 5.97. The summed E-state index contributed by atoms with van der Waals surface area (Å²) in [6.45, 7) is 3.60. The second-order valence-corrected chi connectivity index (χ2v) is 9.70. The number of fused-ring (bicyclic) bond motifs is 2. The zero-order valence-corrected chi connectivity index (χ0v) is 19.3. The maximum absolute atomic E-state index is 13.2. The summed E-state index contributed by atoms with van der Waals surface area (Å²) < 4.78 is 5.95. The molecule has 33 heavy (non-hydrogen) atoms. The molecule has 1 fully saturated rings. The lowest BCUT2D eigenvalue weighted by Crippen LogP contribution is -2.44. The Balaban J connectivity index is 1.19. The lowest BCUT2D eigenvalue weighted by Gasteiger charge is -2.32. The quantitative estimate of drug-likeness (QED) is 0.704. The molecule has 0 radical (unpaired) electrons. The normalized spacial score (nSPS) is 20.4. The molecule has 6 heteroatoms. The Morgan fingerprint density at radius 3 is 2.70 bits per heavy atom. The molecule has 0 saturated heterocycles. The lowest BCUT2D eigenvalue weighted by atomic mass is 9.95. The smallest absolute Gasteiger partial charge is 0.257 e. The molecular formula is C27H35N3O3. The van der Waals surface area contributed by atoms with Gasteiger partial charge in [-0.2, -0.15) is 0 Å². The molecule has 3 aliphatic rings. The van der Waals surface area contributed by atoms with E-state index >= 15 is 0 Å². The van der Waals surface area contributed by atoms with Crippen LogP contribution in [0.15, 0.2) is 42.5 Å². The van der Waals surface area contributed by atoms with Crippen molar-refractivity contribution in [1.29, 1.82) is 0 Å². The van der Waals surface area contributed by atoms with Gasteiger partial charge in [-0.25, -0.2) is 0 Å². The van der Waals surface area contributed by atoms with Crippen LogP contribution in [-0.4, -0.2) is 65.7 Å². The van der Waals surface area contributed by atoms with E-state index in [0.717, 1.165) is 25.2 Å². The van der Waals surface area contributed by atoms with Crippen LogP contribution >= 0.6 is 0 Å². The van der Waals surface area contributed by atoms with Crippen molar-refractivity contribution in [2.45, 2.75) is 57.2 Å². The first-order chi connectivity index (χ1) is 16.2. The molecule has 1 atom stereocenters. The topological polar surface area (TPSA) is 65.0 Å². The van der Waals surface area contributed by atoms with Gasteiger partial charge in [-0.1, -0.05) is 43.5 Å². The number of hydrogen-bond acceptors (Lipinski definition) is 5. The molecule has 2 heterocycles. The van der Waals surface area contributed by atoms with Crippen LogP contribution < -0.4 is 10.1 Å². The van der Waals surface area contributed by atoms with Gasteiger partial charge in [-0.3, -0.25) is 9.69 Å². The average Bonchev–Trinajstić information content (AvgIpc) is 2.98. The first-order valence-electron chi connectivity index (χ1n) is 12.5. The number of amides is 1. The third-order valence-electron chi connectivity index (χ3n) is 7.20. The van der Waals surface area contributed by atoms with Gasteiger partial charge >= 0.3 is 0 Å². The fourth-order valence-electron chi connectivity index (χ4n) is 5.42. The Hall–Kier alpha value is -2.57. The molecule has 5 rings (SSSR count). The number of carbonyl (C=O) groups excluding carboxylic acids is 1. The maximum atomic E-state index is 13.2. The van der Waals surface area contributed by atoms with Crippen LogP contribution in [-0.2, 0) is 13.0 Å². The third-order valence-corrected chi connectivity index (χ3v) is 7.20. The molecule has 176 valence electrons. The minimum Gasteiger partial charge on any atom is -0.491 e. The number of anilines is 1. The summed E-state index contributed by atoms with van der Waals surface area (Å²) in [6.07, 6.45) is 6.69. The standard InChI is InChI=1S/C27H35N3O3/c31-24(18-29-13-12-20-6-4-5-7-21(20)17-29)19-30-14-15-33-26-16-23(10-11-25(26)27(30)32)28-22-8-2-1-3-9-22/h4-7,10-11,16,22,24,28,31H,1-3,8-9,12-15,17-19H2/t24-/m1/s1. The Morgan fingerprint density at radius 2 is 1.85 bits per heavy atom. The van der Waals surface area contributed by atoms with Crippen LogP contribution in [0.4, 0.5) is 5.69 Å². The van der Waals surface area contributed by atoms with E-state index in [4.69, 9.17) is 4.74 Å². The van der Waals surface area contributed by atoms with E-state index in [1.165, 1.54) is 43.2 Å². The number of rotatable bonds is 6. The van der Waals surface area contributed by atoms with Gasteiger partial charge in [0.05, 0.1) is 18.2 Å². The number of nitrogens with one attached hydrogen (secondary N) is 1. The molecule has 0 unspecified atom stereocenters. The molecule has 6 nitrogen and oxygen atoms in total. The number of benzene rings is 2. The van der Waals surface area contributed by atoms with Crippen LogP contribution in [0.1, 0.15) is 53.6 Å². The van der Waals surface area contributed by atoms with E-state index in [-0.39, 0.29) is 5.91 Å². The van der Waals surface area contributed by atoms with E-state index in [1.807, 2.05) is 18.2 Å². The predicted octanol–water partition coefficient (Wildman–Crippen LogP) is 3.69. The summed E-state index contributed by atoms with van der Waals surface area (Å²) in [5, 5.41) is 14.4. The first kappa shape index (κ1) is 22.2. The minimum atomic E-state index is -0.590. The number of aliphatic hydroxyl groups is 1. The number of carbonyl (C=O) groups is 1. The highest BCUT2D eigenvalue weighted by Gasteiger charge is 2.27. The van der Waals surface area contributed by atoms with Crippen molar-refractivity contribution < 1.29 is 14.6 Å². The highest BCUT2D eigenvalue weighted by Crippen LogP contribution is 2.29. The van der Waals surface area contributed by atoms with Crippen LogP contribution in [0.25, 0.3) is 0 Å². The van der Waals surface area contributed by atoms with E-state index in [1.54, 1.807) is 4.90 Å². The van der Waals surface area contributed by atoms with Gasteiger partial charge < -0.3 is 20.1 Å². The summed E-state index contributed by atoms with van der Waals surface area (Å²) in [7, 11) is 0. The second kappa shape index (κ2) is 10.1. The van der Waals surface area contributed by atoms with Gasteiger partial charge in [0, 0.05) is 44.0 Å². The molecule has 0 bridgehead atoms. The lowest BCUT2D eigenvalue weighted by molar-refractivity contribution is 0.0501. The zero-order valence-electron chi connectivity index (χ0n) is 19.3. The fraction of sp³-hybridized carbons (Fsp3) is 0.519. The van der Waals surface area contributed by atoms with E-state index in [0.29, 0.717) is 43.6 Å². The van der Waals surface area contributed by atoms with Crippen LogP contribution in [0.2, 0.25) is 0 Å². The highest BCUT2D eigenvalue weighted by atomic mass is 16.5. The number of aliphatic hydroxyl groups excluding tert-OH is 1. The van der Waals surface area contributed by atoms with Crippen LogP contribution in [0, 0.1) is 0 Å². The van der Waals surface area contributed by atoms with Crippen molar-refractivity contribution in [2.75, 3.05) is 38.1 Å². The largest absolute Gasteiger partial charge is 0.491 e. The van der Waals surface area contributed by atoms with Crippen LogP contribution in [0.5, 0.6) is 5.75 Å². The average molecular weight is 450 g/mol. The summed E-state index contributed by atoms with van der Waals surface area (Å²) in [5.41, 5.74) is 4.34. The Labute approximate surface area is 196 Å². The van der Waals surface area contributed by atoms with Gasteiger partial charge in [-0.15, -0.1) is 0 Å². The molecule has 2 aliphatic heterocycles.